The summed E-state index contributed by atoms with van der Waals surface area (Å²) in [5, 5.41) is 13.4. The number of methoxy groups -OCH3 is 1. The van der Waals surface area contributed by atoms with Crippen molar-refractivity contribution in [3.05, 3.63) is 77.1 Å². The lowest BCUT2D eigenvalue weighted by atomic mass is 9.94. The molecule has 0 unspecified atom stereocenters. The summed E-state index contributed by atoms with van der Waals surface area (Å²) in [6, 6.07) is 14.4. The number of hydrogen-bond acceptors (Lipinski definition) is 6. The van der Waals surface area contributed by atoms with Crippen LogP contribution in [0.1, 0.15) is 36.7 Å². The first-order valence-corrected chi connectivity index (χ1v) is 11.8. The molecule has 7 nitrogen and oxygen atoms in total. The van der Waals surface area contributed by atoms with E-state index in [-0.39, 0.29) is 6.54 Å². The van der Waals surface area contributed by atoms with E-state index in [2.05, 4.69) is 47.4 Å². The van der Waals surface area contributed by atoms with Gasteiger partial charge in [-0.25, -0.2) is 0 Å². The maximum absolute atomic E-state index is 11.1. The smallest absolute Gasteiger partial charge is 0.317 e. The summed E-state index contributed by atoms with van der Waals surface area (Å²) in [5.41, 5.74) is 7.48. The van der Waals surface area contributed by atoms with Gasteiger partial charge in [0.25, 0.3) is 5.89 Å². The van der Waals surface area contributed by atoms with Gasteiger partial charge in [0.2, 0.25) is 0 Å². The molecule has 0 atom stereocenters. The van der Waals surface area contributed by atoms with Crippen LogP contribution in [-0.4, -0.2) is 52.9 Å². The van der Waals surface area contributed by atoms with E-state index >= 15 is 0 Å². The minimum Gasteiger partial charge on any atom is -0.480 e. The Kier molecular flexibility index (Phi) is 7.90. The zero-order valence-corrected chi connectivity index (χ0v) is 20.5. The van der Waals surface area contributed by atoms with Crippen LogP contribution in [0.3, 0.4) is 0 Å². The van der Waals surface area contributed by atoms with Crippen molar-refractivity contribution in [2.75, 3.05) is 26.7 Å². The van der Waals surface area contributed by atoms with Gasteiger partial charge in [0.15, 0.2) is 5.82 Å². The van der Waals surface area contributed by atoms with Crippen LogP contribution in [0.15, 0.2) is 64.7 Å². The number of carbonyl (C=O) groups is 1. The zero-order valence-electron chi connectivity index (χ0n) is 20.5. The number of likely N-dealkylation sites (N-methyl/N-ethyl adjacent to an activating group) is 1. The number of aliphatic carboxylic acids is 1. The molecule has 1 N–H and O–H groups in total. The van der Waals surface area contributed by atoms with Gasteiger partial charge in [-0.2, -0.15) is 4.98 Å². The molecule has 1 heterocycles. The summed E-state index contributed by atoms with van der Waals surface area (Å²) in [7, 11) is 1.69. The molecule has 0 fully saturated rings. The Morgan fingerprint density at radius 2 is 2.03 bits per heavy atom. The van der Waals surface area contributed by atoms with E-state index in [0.29, 0.717) is 31.4 Å². The number of ether oxygens (including phenoxy) is 1. The van der Waals surface area contributed by atoms with E-state index in [9.17, 15) is 4.79 Å². The van der Waals surface area contributed by atoms with Gasteiger partial charge in [0, 0.05) is 24.8 Å². The van der Waals surface area contributed by atoms with Gasteiger partial charge in [-0.3, -0.25) is 9.69 Å². The fourth-order valence-corrected chi connectivity index (χ4v) is 4.39. The standard InChI is InChI=1S/C28H31N3O4/c1-4-31(17-26(32)33)16-20-9-7-10-21(14-20)27-29-28(35-30-27)22-12-13-25(23(15-22)18-34-3)24-11-6-5-8-19(24)2/h5-6,8-9,11-15H,4,7,10,16-18H2,1-3H3,(H,32,33). The second kappa shape index (κ2) is 11.3. The van der Waals surface area contributed by atoms with Gasteiger partial charge in [0.05, 0.1) is 13.2 Å². The molecule has 0 saturated carbocycles. The van der Waals surface area contributed by atoms with Crippen molar-refractivity contribution in [2.24, 2.45) is 0 Å². The number of aryl methyl sites for hydroxylation is 1. The van der Waals surface area contributed by atoms with Gasteiger partial charge < -0.3 is 14.4 Å². The van der Waals surface area contributed by atoms with Crippen molar-refractivity contribution in [3.63, 3.8) is 0 Å². The Morgan fingerprint density at radius 1 is 1.20 bits per heavy atom. The molecule has 182 valence electrons. The highest BCUT2D eigenvalue weighted by atomic mass is 16.5. The lowest BCUT2D eigenvalue weighted by Crippen LogP contribution is -2.31. The third-order valence-electron chi connectivity index (χ3n) is 6.19. The first-order valence-electron chi connectivity index (χ1n) is 11.8. The third kappa shape index (κ3) is 5.93. The monoisotopic (exact) mass is 473 g/mol. The Morgan fingerprint density at radius 3 is 2.77 bits per heavy atom. The van der Waals surface area contributed by atoms with E-state index < -0.39 is 5.97 Å². The molecule has 2 aromatic carbocycles. The van der Waals surface area contributed by atoms with Crippen LogP contribution in [-0.2, 0) is 16.1 Å². The van der Waals surface area contributed by atoms with E-state index in [4.69, 9.17) is 14.4 Å². The highest BCUT2D eigenvalue weighted by Gasteiger charge is 2.18. The first kappa shape index (κ1) is 24.6. The summed E-state index contributed by atoms with van der Waals surface area (Å²) < 4.78 is 11.1. The molecular weight excluding hydrogens is 442 g/mol. The molecule has 3 aromatic rings. The second-order valence-electron chi connectivity index (χ2n) is 8.73. The van der Waals surface area contributed by atoms with Gasteiger partial charge in [-0.15, -0.1) is 0 Å². The minimum absolute atomic E-state index is 0.0195. The van der Waals surface area contributed by atoms with Crippen LogP contribution in [0.5, 0.6) is 0 Å². The first-order chi connectivity index (χ1) is 17.0. The third-order valence-corrected chi connectivity index (χ3v) is 6.19. The Bertz CT molecular complexity index is 1260. The van der Waals surface area contributed by atoms with Crippen LogP contribution in [0.2, 0.25) is 0 Å². The maximum atomic E-state index is 11.1. The number of benzene rings is 2. The summed E-state index contributed by atoms with van der Waals surface area (Å²) in [6.45, 7) is 5.81. The largest absolute Gasteiger partial charge is 0.480 e. The molecule has 0 bridgehead atoms. The number of rotatable bonds is 10. The Labute approximate surface area is 205 Å². The summed E-state index contributed by atoms with van der Waals surface area (Å²) in [6.07, 6.45) is 5.88. The fourth-order valence-electron chi connectivity index (χ4n) is 4.39. The quantitative estimate of drug-likeness (QED) is 0.423. The highest BCUT2D eigenvalue weighted by molar-refractivity contribution is 5.74. The molecule has 0 radical (unpaired) electrons. The van der Waals surface area contributed by atoms with E-state index in [1.165, 1.54) is 11.1 Å². The Hall–Kier alpha value is -3.55. The van der Waals surface area contributed by atoms with Crippen LogP contribution in [0.25, 0.3) is 28.2 Å². The molecule has 1 aliphatic carbocycles. The fraction of sp³-hybridized carbons (Fsp3) is 0.321. The summed E-state index contributed by atoms with van der Waals surface area (Å²) in [4.78, 5) is 17.7. The average Bonchev–Trinajstić information content (AvgIpc) is 3.35. The van der Waals surface area contributed by atoms with Crippen molar-refractivity contribution >= 4 is 11.5 Å². The van der Waals surface area contributed by atoms with E-state index in [1.54, 1.807) is 7.11 Å². The predicted molar refractivity (Wildman–Crippen MR) is 136 cm³/mol. The lowest BCUT2D eigenvalue weighted by molar-refractivity contribution is -0.138. The van der Waals surface area contributed by atoms with Gasteiger partial charge in [-0.1, -0.05) is 54.6 Å². The number of hydrogen-bond donors (Lipinski definition) is 1. The summed E-state index contributed by atoms with van der Waals surface area (Å²) in [5.74, 6) is 0.214. The number of aromatic nitrogens is 2. The normalized spacial score (nSPS) is 13.6. The highest BCUT2D eigenvalue weighted by Crippen LogP contribution is 2.32. The zero-order chi connectivity index (χ0) is 24.8. The molecule has 4 rings (SSSR count). The van der Waals surface area contributed by atoms with Crippen LogP contribution >= 0.6 is 0 Å². The van der Waals surface area contributed by atoms with Gasteiger partial charge >= 0.3 is 5.97 Å². The van der Waals surface area contributed by atoms with Gasteiger partial charge in [0.1, 0.15) is 0 Å². The number of allylic oxidation sites excluding steroid dienone is 2. The molecule has 0 spiro atoms. The molecule has 0 saturated heterocycles. The number of carboxylic acids is 1. The van der Waals surface area contributed by atoms with Gasteiger partial charge in [-0.05, 0) is 66.3 Å². The van der Waals surface area contributed by atoms with Crippen molar-refractivity contribution in [1.29, 1.82) is 0 Å². The molecule has 1 aromatic heterocycles. The molecule has 1 aliphatic rings. The lowest BCUT2D eigenvalue weighted by Gasteiger charge is -2.20. The Balaban J connectivity index is 1.58. The van der Waals surface area contributed by atoms with Crippen molar-refractivity contribution in [1.82, 2.24) is 15.0 Å². The van der Waals surface area contributed by atoms with Crippen molar-refractivity contribution in [3.8, 4) is 22.6 Å². The van der Waals surface area contributed by atoms with Crippen LogP contribution in [0.4, 0.5) is 0 Å². The van der Waals surface area contributed by atoms with Crippen molar-refractivity contribution in [2.45, 2.75) is 33.3 Å². The minimum atomic E-state index is -0.823. The van der Waals surface area contributed by atoms with E-state index in [1.807, 2.05) is 36.1 Å². The summed E-state index contributed by atoms with van der Waals surface area (Å²) >= 11 is 0. The predicted octanol–water partition coefficient (Wildman–Crippen LogP) is 5.37. The maximum Gasteiger partial charge on any atom is 0.317 e. The number of carboxylic acid groups (broad SMARTS) is 1. The SMILES string of the molecule is CCN(CC(=O)O)CC1=CCCC(c2noc(-c3ccc(-c4ccccc4C)c(COC)c3)n2)=C1. The number of nitrogens with zero attached hydrogens (tertiary/aromatic N) is 3. The molecule has 0 aliphatic heterocycles. The second-order valence-corrected chi connectivity index (χ2v) is 8.73. The average molecular weight is 474 g/mol. The van der Waals surface area contributed by atoms with Crippen LogP contribution < -0.4 is 0 Å². The topological polar surface area (TPSA) is 88.7 Å². The van der Waals surface area contributed by atoms with E-state index in [0.717, 1.165) is 40.7 Å². The van der Waals surface area contributed by atoms with Crippen LogP contribution in [0, 0.1) is 6.92 Å². The van der Waals surface area contributed by atoms with Crippen molar-refractivity contribution < 1.29 is 19.2 Å². The molecule has 7 heteroatoms. The molecule has 35 heavy (non-hydrogen) atoms. The molecule has 0 amide bonds. The molecular formula is C28H31N3O4.